The lowest BCUT2D eigenvalue weighted by Crippen LogP contribution is -2.02. The van der Waals surface area contributed by atoms with Crippen LogP contribution in [0.3, 0.4) is 0 Å². The van der Waals surface area contributed by atoms with Crippen LogP contribution >= 0.6 is 15.9 Å². The quantitative estimate of drug-likeness (QED) is 0.511. The van der Waals surface area contributed by atoms with E-state index in [9.17, 15) is 4.55 Å². The molecule has 0 radical (unpaired) electrons. The molecule has 118 valence electrons. The van der Waals surface area contributed by atoms with Crippen molar-refractivity contribution in [2.45, 2.75) is 26.4 Å². The van der Waals surface area contributed by atoms with Gasteiger partial charge in [0.05, 0.1) is 11.4 Å². The molecular formula is C15H17BrN2O3S. The van der Waals surface area contributed by atoms with Crippen molar-refractivity contribution in [3.05, 3.63) is 46.1 Å². The zero-order chi connectivity index (χ0) is 15.8. The number of nitrogens with zero attached hydrogens (tertiary/aromatic N) is 2. The molecule has 0 aliphatic heterocycles. The van der Waals surface area contributed by atoms with Crippen molar-refractivity contribution in [3.8, 4) is 5.88 Å². The first-order chi connectivity index (χ1) is 10.7. The fourth-order valence-corrected chi connectivity index (χ4v) is 2.82. The summed E-state index contributed by atoms with van der Waals surface area (Å²) in [7, 11) is 0. The molecule has 0 fully saturated rings. The van der Waals surface area contributed by atoms with Crippen molar-refractivity contribution in [2.75, 3.05) is 5.75 Å². The van der Waals surface area contributed by atoms with E-state index in [0.717, 1.165) is 18.4 Å². The summed E-state index contributed by atoms with van der Waals surface area (Å²) in [6.45, 7) is 2.44. The van der Waals surface area contributed by atoms with Gasteiger partial charge in [-0.1, -0.05) is 48.1 Å². The maximum atomic E-state index is 11.6. The topological polar surface area (TPSA) is 70.7 Å². The molecule has 0 aliphatic carbocycles. The Morgan fingerprint density at radius 1 is 1.41 bits per heavy atom. The van der Waals surface area contributed by atoms with Gasteiger partial charge in [-0.3, -0.25) is 0 Å². The predicted octanol–water partition coefficient (Wildman–Crippen LogP) is 3.90. The van der Waals surface area contributed by atoms with E-state index in [1.807, 2.05) is 37.3 Å². The van der Waals surface area contributed by atoms with Crippen LogP contribution in [-0.2, 0) is 18.0 Å². The Morgan fingerprint density at radius 2 is 2.18 bits per heavy atom. The second-order valence-corrected chi connectivity index (χ2v) is 6.61. The average Bonchev–Trinajstić information content (AvgIpc) is 2.90. The lowest BCUT2D eigenvalue weighted by molar-refractivity contribution is 0.268. The Balaban J connectivity index is 1.93. The van der Waals surface area contributed by atoms with Crippen molar-refractivity contribution < 1.29 is 13.8 Å². The third kappa shape index (κ3) is 5.15. The van der Waals surface area contributed by atoms with Gasteiger partial charge in [-0.15, -0.1) is 0 Å². The molecule has 1 aromatic heterocycles. The van der Waals surface area contributed by atoms with Crippen molar-refractivity contribution in [3.63, 3.8) is 0 Å². The molecule has 2 aromatic rings. The zero-order valence-electron chi connectivity index (χ0n) is 12.2. The first-order valence-corrected chi connectivity index (χ1v) is 9.02. The SMILES string of the molecule is CCCC[S+]([O-])N=Cc1onc(OCc2ccccc2)c1Br. The van der Waals surface area contributed by atoms with Crippen LogP contribution < -0.4 is 4.74 Å². The van der Waals surface area contributed by atoms with E-state index in [2.05, 4.69) is 25.5 Å². The molecule has 0 saturated carbocycles. The second-order valence-electron chi connectivity index (χ2n) is 4.55. The Bertz CT molecular complexity index is 604. The van der Waals surface area contributed by atoms with E-state index in [-0.39, 0.29) is 0 Å². The monoisotopic (exact) mass is 384 g/mol. The highest BCUT2D eigenvalue weighted by molar-refractivity contribution is 9.10. The minimum absolute atomic E-state index is 0.352. The van der Waals surface area contributed by atoms with E-state index in [1.54, 1.807) is 0 Å². The summed E-state index contributed by atoms with van der Waals surface area (Å²) >= 11 is 2.12. The van der Waals surface area contributed by atoms with Crippen LogP contribution in [-0.4, -0.2) is 21.7 Å². The molecule has 0 aliphatic rings. The maximum absolute atomic E-state index is 11.6. The smallest absolute Gasteiger partial charge is 0.269 e. The molecule has 0 bridgehead atoms. The molecule has 1 heterocycles. The maximum Gasteiger partial charge on any atom is 0.269 e. The van der Waals surface area contributed by atoms with Gasteiger partial charge in [0.25, 0.3) is 5.88 Å². The van der Waals surface area contributed by atoms with Gasteiger partial charge in [0.1, 0.15) is 23.0 Å². The van der Waals surface area contributed by atoms with Gasteiger partial charge < -0.3 is 13.8 Å². The van der Waals surface area contributed by atoms with E-state index in [4.69, 9.17) is 9.26 Å². The van der Waals surface area contributed by atoms with Crippen molar-refractivity contribution >= 4 is 33.5 Å². The summed E-state index contributed by atoms with van der Waals surface area (Å²) in [6, 6.07) is 9.77. The molecule has 0 saturated heterocycles. The van der Waals surface area contributed by atoms with E-state index < -0.39 is 11.4 Å². The van der Waals surface area contributed by atoms with E-state index in [0.29, 0.717) is 28.5 Å². The fourth-order valence-electron chi connectivity index (χ4n) is 1.60. The van der Waals surface area contributed by atoms with E-state index in [1.165, 1.54) is 6.21 Å². The van der Waals surface area contributed by atoms with Gasteiger partial charge in [0.15, 0.2) is 0 Å². The van der Waals surface area contributed by atoms with Crippen LogP contribution in [0.25, 0.3) is 0 Å². The highest BCUT2D eigenvalue weighted by atomic mass is 79.9. The highest BCUT2D eigenvalue weighted by Crippen LogP contribution is 2.27. The summed E-state index contributed by atoms with van der Waals surface area (Å²) in [6.07, 6.45) is 3.29. The standard InChI is InChI=1S/C15H17BrN2O3S/c1-2-3-9-22(19)17-10-13-14(16)15(18-21-13)20-11-12-7-5-4-6-8-12/h4-8,10H,2-3,9,11H2,1H3. The summed E-state index contributed by atoms with van der Waals surface area (Å²) in [5.74, 6) is 1.30. The Labute approximate surface area is 141 Å². The van der Waals surface area contributed by atoms with E-state index >= 15 is 0 Å². The molecule has 0 amide bonds. The van der Waals surface area contributed by atoms with Crippen molar-refractivity contribution in [2.24, 2.45) is 4.40 Å². The molecule has 1 aromatic carbocycles. The third-order valence-electron chi connectivity index (χ3n) is 2.81. The number of aromatic nitrogens is 1. The molecule has 0 spiro atoms. The minimum Gasteiger partial charge on any atom is -0.591 e. The Hall–Kier alpha value is -1.31. The van der Waals surface area contributed by atoms with Crippen LogP contribution in [0.1, 0.15) is 31.1 Å². The first-order valence-electron chi connectivity index (χ1n) is 6.95. The first kappa shape index (κ1) is 17.1. The number of hydrogen-bond donors (Lipinski definition) is 0. The molecule has 5 nitrogen and oxygen atoms in total. The molecule has 22 heavy (non-hydrogen) atoms. The third-order valence-corrected chi connectivity index (χ3v) is 4.52. The molecule has 7 heteroatoms. The van der Waals surface area contributed by atoms with Gasteiger partial charge in [0.2, 0.25) is 5.76 Å². The molecule has 1 atom stereocenters. The van der Waals surface area contributed by atoms with Crippen LogP contribution in [0.5, 0.6) is 5.88 Å². The van der Waals surface area contributed by atoms with Crippen LogP contribution in [0.15, 0.2) is 43.7 Å². The van der Waals surface area contributed by atoms with Crippen molar-refractivity contribution in [1.82, 2.24) is 5.16 Å². The van der Waals surface area contributed by atoms with Crippen molar-refractivity contribution in [1.29, 1.82) is 0 Å². The second kappa shape index (κ2) is 8.97. The lowest BCUT2D eigenvalue weighted by Gasteiger charge is -2.02. The molecule has 0 N–H and O–H groups in total. The molecule has 2 rings (SSSR count). The van der Waals surface area contributed by atoms with Gasteiger partial charge in [-0.05, 0) is 33.1 Å². The number of rotatable bonds is 8. The predicted molar refractivity (Wildman–Crippen MR) is 90.5 cm³/mol. The molecule has 1 unspecified atom stereocenters. The zero-order valence-corrected chi connectivity index (χ0v) is 14.6. The number of benzene rings is 1. The van der Waals surface area contributed by atoms with Gasteiger partial charge in [0, 0.05) is 0 Å². The molecular weight excluding hydrogens is 368 g/mol. The number of ether oxygens (including phenoxy) is 1. The number of unbranched alkanes of at least 4 members (excludes halogenated alkanes) is 1. The Morgan fingerprint density at radius 3 is 2.91 bits per heavy atom. The van der Waals surface area contributed by atoms with Crippen LogP contribution in [0.2, 0.25) is 0 Å². The summed E-state index contributed by atoms with van der Waals surface area (Å²) in [4.78, 5) is 0. The summed E-state index contributed by atoms with van der Waals surface area (Å²) < 4.78 is 26.8. The highest BCUT2D eigenvalue weighted by Gasteiger charge is 2.14. The van der Waals surface area contributed by atoms with Gasteiger partial charge >= 0.3 is 0 Å². The normalized spacial score (nSPS) is 12.7. The Kier molecular flexibility index (Phi) is 6.95. The number of halogens is 1. The van der Waals surface area contributed by atoms with Gasteiger partial charge in [-0.25, -0.2) is 0 Å². The van der Waals surface area contributed by atoms with Crippen LogP contribution in [0, 0.1) is 0 Å². The van der Waals surface area contributed by atoms with Gasteiger partial charge in [-0.2, -0.15) is 0 Å². The average molecular weight is 385 g/mol. The van der Waals surface area contributed by atoms with Crippen LogP contribution in [0.4, 0.5) is 0 Å². The fraction of sp³-hybridized carbons (Fsp3) is 0.333. The lowest BCUT2D eigenvalue weighted by atomic mass is 10.2. The largest absolute Gasteiger partial charge is 0.591 e. The summed E-state index contributed by atoms with van der Waals surface area (Å²) in [5, 5.41) is 3.84. The minimum atomic E-state index is -1.23. The number of hydrogen-bond acceptors (Lipinski definition) is 5. The summed E-state index contributed by atoms with van der Waals surface area (Å²) in [5.41, 5.74) is 1.04.